The fourth-order valence-corrected chi connectivity index (χ4v) is 1.17. The molecule has 2 atom stereocenters. The Morgan fingerprint density at radius 2 is 1.73 bits per heavy atom. The summed E-state index contributed by atoms with van der Waals surface area (Å²) in [6, 6.07) is 5.06. The number of aliphatic carboxylic acids is 1. The lowest BCUT2D eigenvalue weighted by Gasteiger charge is -2.10. The van der Waals surface area contributed by atoms with Crippen LogP contribution in [0, 0.1) is 0 Å². The van der Waals surface area contributed by atoms with E-state index in [0.29, 0.717) is 11.1 Å². The van der Waals surface area contributed by atoms with E-state index >= 15 is 0 Å². The summed E-state index contributed by atoms with van der Waals surface area (Å²) in [7, 11) is 0. The molecule has 0 heterocycles. The lowest BCUT2D eigenvalue weighted by atomic mass is 10.0. The smallest absolute Gasteiger partial charge is 0.325 e. The van der Waals surface area contributed by atoms with Crippen molar-refractivity contribution < 1.29 is 20.1 Å². The van der Waals surface area contributed by atoms with Crippen LogP contribution in [0.3, 0.4) is 0 Å². The molecule has 1 aromatic rings. The van der Waals surface area contributed by atoms with Crippen LogP contribution in [0.25, 0.3) is 0 Å². The lowest BCUT2D eigenvalue weighted by Crippen LogP contribution is -2.20. The third-order valence-electron chi connectivity index (χ3n) is 2.12. The molecule has 82 valence electrons. The van der Waals surface area contributed by atoms with Crippen LogP contribution < -0.4 is 5.73 Å². The predicted octanol–water partition coefficient (Wildman–Crippen LogP) is -0.203. The van der Waals surface area contributed by atoms with E-state index in [4.69, 9.17) is 15.9 Å². The summed E-state index contributed by atoms with van der Waals surface area (Å²) in [5.41, 5.74) is 6.37. The van der Waals surface area contributed by atoms with Gasteiger partial charge in [0, 0.05) is 0 Å². The molecular formula is C10H13NO4. The van der Waals surface area contributed by atoms with E-state index in [1.807, 2.05) is 0 Å². The number of carbonyl (C=O) groups is 1. The normalized spacial score (nSPS) is 14.6. The van der Waals surface area contributed by atoms with Gasteiger partial charge >= 0.3 is 5.97 Å². The number of benzene rings is 1. The van der Waals surface area contributed by atoms with E-state index < -0.39 is 18.1 Å². The second-order valence-corrected chi connectivity index (χ2v) is 3.18. The van der Waals surface area contributed by atoms with Crippen molar-refractivity contribution in [3.8, 4) is 0 Å². The summed E-state index contributed by atoms with van der Waals surface area (Å²) in [5, 5.41) is 26.6. The van der Waals surface area contributed by atoms with E-state index in [0.717, 1.165) is 0 Å². The van der Waals surface area contributed by atoms with Crippen molar-refractivity contribution in [3.05, 3.63) is 35.4 Å². The zero-order valence-electron chi connectivity index (χ0n) is 8.00. The Morgan fingerprint density at radius 3 is 2.13 bits per heavy atom. The lowest BCUT2D eigenvalue weighted by molar-refractivity contribution is -0.138. The van der Waals surface area contributed by atoms with E-state index in [9.17, 15) is 9.90 Å². The second kappa shape index (κ2) is 4.88. The molecule has 0 radical (unpaired) electrons. The summed E-state index contributed by atoms with van der Waals surface area (Å²) < 4.78 is 0. The predicted molar refractivity (Wildman–Crippen MR) is 53.1 cm³/mol. The van der Waals surface area contributed by atoms with Crippen LogP contribution in [-0.4, -0.2) is 27.9 Å². The van der Waals surface area contributed by atoms with E-state index in [2.05, 4.69) is 0 Å². The van der Waals surface area contributed by atoms with Crippen molar-refractivity contribution in [2.75, 3.05) is 6.61 Å². The summed E-state index contributed by atoms with van der Waals surface area (Å²) in [6.45, 7) is -0.371. The zero-order valence-corrected chi connectivity index (χ0v) is 8.00. The molecule has 0 aromatic heterocycles. The van der Waals surface area contributed by atoms with Crippen LogP contribution in [0.1, 0.15) is 23.3 Å². The first-order valence-corrected chi connectivity index (χ1v) is 4.43. The minimum atomic E-state index is -1.11. The molecule has 15 heavy (non-hydrogen) atoms. The third-order valence-corrected chi connectivity index (χ3v) is 2.12. The molecule has 5 heteroatoms. The van der Waals surface area contributed by atoms with E-state index in [1.165, 1.54) is 12.1 Å². The van der Waals surface area contributed by atoms with Gasteiger partial charge in [0.05, 0.1) is 6.61 Å². The summed E-state index contributed by atoms with van der Waals surface area (Å²) in [5.74, 6) is -1.11. The average molecular weight is 211 g/mol. The topological polar surface area (TPSA) is 104 Å². The van der Waals surface area contributed by atoms with Crippen LogP contribution in [-0.2, 0) is 4.79 Å². The molecular weight excluding hydrogens is 198 g/mol. The maximum Gasteiger partial charge on any atom is 0.325 e. The molecule has 5 nitrogen and oxygen atoms in total. The van der Waals surface area contributed by atoms with Crippen molar-refractivity contribution in [1.29, 1.82) is 0 Å². The monoisotopic (exact) mass is 211 g/mol. The summed E-state index contributed by atoms with van der Waals surface area (Å²) in [4.78, 5) is 10.6. The van der Waals surface area contributed by atoms with Gasteiger partial charge in [0.2, 0.25) is 0 Å². The van der Waals surface area contributed by atoms with Crippen molar-refractivity contribution in [2.24, 2.45) is 5.73 Å². The molecule has 0 fully saturated rings. The molecule has 1 rings (SSSR count). The molecule has 0 saturated heterocycles. The minimum Gasteiger partial charge on any atom is -0.480 e. The van der Waals surface area contributed by atoms with Gasteiger partial charge in [0.1, 0.15) is 12.1 Å². The van der Waals surface area contributed by atoms with Gasteiger partial charge in [-0.2, -0.15) is 0 Å². The molecule has 5 N–H and O–H groups in total. The standard InChI is InChI=1S/C10H13NO4/c11-9(10(14)15)7-3-1-6(2-4-7)8(13)5-12/h1-4,8-9,12-13H,5,11H2,(H,14,15). The second-order valence-electron chi connectivity index (χ2n) is 3.18. The van der Waals surface area contributed by atoms with E-state index in [-0.39, 0.29) is 6.61 Å². The first kappa shape index (κ1) is 11.6. The maximum absolute atomic E-state index is 10.6. The molecule has 0 spiro atoms. The number of rotatable bonds is 4. The Bertz CT molecular complexity index is 336. The largest absolute Gasteiger partial charge is 0.480 e. The zero-order chi connectivity index (χ0) is 11.4. The minimum absolute atomic E-state index is 0.371. The van der Waals surface area contributed by atoms with Gasteiger partial charge in [-0.3, -0.25) is 4.79 Å². The highest BCUT2D eigenvalue weighted by Gasteiger charge is 2.14. The molecule has 2 unspecified atom stereocenters. The Hall–Kier alpha value is -1.43. The SMILES string of the molecule is NC(C(=O)O)c1ccc(C(O)CO)cc1. The van der Waals surface area contributed by atoms with Gasteiger partial charge in [-0.25, -0.2) is 0 Å². The molecule has 0 saturated carbocycles. The Balaban J connectivity index is 2.85. The van der Waals surface area contributed by atoms with Crippen LogP contribution in [0.5, 0.6) is 0 Å². The van der Waals surface area contributed by atoms with Crippen molar-refractivity contribution in [1.82, 2.24) is 0 Å². The highest BCUT2D eigenvalue weighted by Crippen LogP contribution is 2.16. The molecule has 0 amide bonds. The van der Waals surface area contributed by atoms with Gasteiger partial charge in [-0.1, -0.05) is 24.3 Å². The van der Waals surface area contributed by atoms with Crippen molar-refractivity contribution in [3.63, 3.8) is 0 Å². The van der Waals surface area contributed by atoms with Crippen LogP contribution >= 0.6 is 0 Å². The Kier molecular flexibility index (Phi) is 3.79. The van der Waals surface area contributed by atoms with Crippen LogP contribution in [0.15, 0.2) is 24.3 Å². The fourth-order valence-electron chi connectivity index (χ4n) is 1.17. The van der Waals surface area contributed by atoms with Gasteiger partial charge in [0.25, 0.3) is 0 Å². The van der Waals surface area contributed by atoms with Crippen LogP contribution in [0.2, 0.25) is 0 Å². The van der Waals surface area contributed by atoms with Crippen molar-refractivity contribution >= 4 is 5.97 Å². The number of hydrogen-bond donors (Lipinski definition) is 4. The Labute approximate surface area is 86.8 Å². The molecule has 0 aliphatic rings. The van der Waals surface area contributed by atoms with Crippen molar-refractivity contribution in [2.45, 2.75) is 12.1 Å². The highest BCUT2D eigenvalue weighted by molar-refractivity contribution is 5.75. The molecule has 0 bridgehead atoms. The quantitative estimate of drug-likeness (QED) is 0.552. The van der Waals surface area contributed by atoms with Gasteiger partial charge in [-0.05, 0) is 11.1 Å². The van der Waals surface area contributed by atoms with E-state index in [1.54, 1.807) is 12.1 Å². The number of aliphatic hydroxyl groups excluding tert-OH is 2. The fraction of sp³-hybridized carbons (Fsp3) is 0.300. The highest BCUT2D eigenvalue weighted by atomic mass is 16.4. The number of nitrogens with two attached hydrogens (primary N) is 1. The molecule has 0 aliphatic heterocycles. The number of carboxylic acids is 1. The van der Waals surface area contributed by atoms with Gasteiger partial charge in [0.15, 0.2) is 0 Å². The van der Waals surface area contributed by atoms with Crippen LogP contribution in [0.4, 0.5) is 0 Å². The number of hydrogen-bond acceptors (Lipinski definition) is 4. The summed E-state index contributed by atoms with van der Waals surface area (Å²) >= 11 is 0. The first-order valence-electron chi connectivity index (χ1n) is 4.43. The Morgan fingerprint density at radius 1 is 1.27 bits per heavy atom. The average Bonchev–Trinajstić information content (AvgIpc) is 2.27. The summed E-state index contributed by atoms with van der Waals surface area (Å²) in [6.07, 6.45) is -0.944. The number of aliphatic hydroxyl groups is 2. The number of carboxylic acid groups (broad SMARTS) is 1. The first-order chi connectivity index (χ1) is 7.06. The van der Waals surface area contributed by atoms with Gasteiger partial charge < -0.3 is 21.1 Å². The molecule has 1 aromatic carbocycles. The third kappa shape index (κ3) is 2.76. The molecule has 0 aliphatic carbocycles. The maximum atomic E-state index is 10.6. The van der Waals surface area contributed by atoms with Gasteiger partial charge in [-0.15, -0.1) is 0 Å².